The highest BCUT2D eigenvalue weighted by Crippen LogP contribution is 2.83. The number of piperidine rings is 1. The molecule has 2 spiro atoms. The Kier molecular flexibility index (Phi) is 3.58. The standard InChI is InChI=1S/C21H25F2NO3/c1-18-14-19(18)9-10-24(13-16(22)23)17(25)20(19,15-5-3-2-4-6-15)7-8-21(18)26-11-12-27-21/h2-6,16H,7-14H2,1H3/t18?,19-,20+/m1/s1. The summed E-state index contributed by atoms with van der Waals surface area (Å²) in [4.78, 5) is 15.1. The van der Waals surface area contributed by atoms with Gasteiger partial charge in [-0.1, -0.05) is 37.3 Å². The van der Waals surface area contributed by atoms with Crippen molar-refractivity contribution in [2.75, 3.05) is 26.3 Å². The Balaban J connectivity index is 1.64. The highest BCUT2D eigenvalue weighted by Gasteiger charge is 2.86. The van der Waals surface area contributed by atoms with E-state index in [9.17, 15) is 13.6 Å². The summed E-state index contributed by atoms with van der Waals surface area (Å²) >= 11 is 0. The lowest BCUT2D eigenvalue weighted by Crippen LogP contribution is -2.64. The van der Waals surface area contributed by atoms with Gasteiger partial charge in [0.2, 0.25) is 5.91 Å². The largest absolute Gasteiger partial charge is 0.347 e. The van der Waals surface area contributed by atoms with Gasteiger partial charge in [-0.3, -0.25) is 4.79 Å². The zero-order valence-electron chi connectivity index (χ0n) is 15.5. The van der Waals surface area contributed by atoms with E-state index in [-0.39, 0.29) is 16.7 Å². The van der Waals surface area contributed by atoms with E-state index in [0.29, 0.717) is 39.0 Å². The van der Waals surface area contributed by atoms with Crippen molar-refractivity contribution in [2.45, 2.75) is 50.2 Å². The molecule has 2 aliphatic heterocycles. The number of carbonyl (C=O) groups is 1. The van der Waals surface area contributed by atoms with Gasteiger partial charge in [0.05, 0.1) is 25.2 Å². The minimum Gasteiger partial charge on any atom is -0.347 e. The molecule has 0 aromatic heterocycles. The lowest BCUT2D eigenvalue weighted by Gasteiger charge is -2.56. The number of amides is 1. The molecule has 2 heterocycles. The van der Waals surface area contributed by atoms with Crippen molar-refractivity contribution < 1.29 is 23.0 Å². The molecule has 6 heteroatoms. The topological polar surface area (TPSA) is 38.8 Å². The molecule has 0 bridgehead atoms. The van der Waals surface area contributed by atoms with E-state index in [4.69, 9.17) is 9.47 Å². The number of benzene rings is 1. The maximum Gasteiger partial charge on any atom is 0.255 e. The van der Waals surface area contributed by atoms with Gasteiger partial charge in [-0.25, -0.2) is 8.78 Å². The summed E-state index contributed by atoms with van der Waals surface area (Å²) in [5.74, 6) is -0.770. The molecule has 0 radical (unpaired) electrons. The maximum absolute atomic E-state index is 13.7. The molecule has 5 rings (SSSR count). The van der Waals surface area contributed by atoms with E-state index in [1.54, 1.807) is 0 Å². The molecule has 0 N–H and O–H groups in total. The number of rotatable bonds is 3. The summed E-state index contributed by atoms with van der Waals surface area (Å²) in [6.45, 7) is 3.22. The first-order chi connectivity index (χ1) is 12.9. The molecule has 146 valence electrons. The van der Waals surface area contributed by atoms with Crippen molar-refractivity contribution in [3.63, 3.8) is 0 Å². The Bertz CT molecular complexity index is 766. The van der Waals surface area contributed by atoms with Gasteiger partial charge in [-0.05, 0) is 24.8 Å². The van der Waals surface area contributed by atoms with Crippen molar-refractivity contribution in [1.82, 2.24) is 4.90 Å². The van der Waals surface area contributed by atoms with E-state index in [2.05, 4.69) is 6.92 Å². The van der Waals surface area contributed by atoms with E-state index in [1.165, 1.54) is 4.90 Å². The minimum absolute atomic E-state index is 0.142. The predicted octanol–water partition coefficient (Wildman–Crippen LogP) is 3.36. The normalized spacial score (nSPS) is 39.6. The van der Waals surface area contributed by atoms with Crippen molar-refractivity contribution in [2.24, 2.45) is 10.8 Å². The van der Waals surface area contributed by atoms with E-state index in [0.717, 1.165) is 12.0 Å². The van der Waals surface area contributed by atoms with Crippen LogP contribution in [-0.2, 0) is 19.7 Å². The lowest BCUT2D eigenvalue weighted by molar-refractivity contribution is -0.242. The fourth-order valence-corrected chi connectivity index (χ4v) is 6.66. The van der Waals surface area contributed by atoms with Gasteiger partial charge in [0.1, 0.15) is 0 Å². The highest BCUT2D eigenvalue weighted by molar-refractivity contribution is 5.92. The molecule has 3 atom stereocenters. The summed E-state index contributed by atoms with van der Waals surface area (Å²) in [5, 5.41) is 0. The molecule has 2 aliphatic carbocycles. The number of nitrogens with zero attached hydrogens (tertiary/aromatic N) is 1. The Morgan fingerprint density at radius 1 is 1.11 bits per heavy atom. The SMILES string of the molecule is CC12C[C@]13CCN(CC(F)F)C(=O)[C@@]3(c1ccccc1)CCC21OCCO1. The average molecular weight is 377 g/mol. The summed E-state index contributed by atoms with van der Waals surface area (Å²) in [5.41, 5.74) is -0.376. The Labute approximate surface area is 157 Å². The highest BCUT2D eigenvalue weighted by atomic mass is 19.3. The molecule has 2 saturated heterocycles. The molecule has 4 nitrogen and oxygen atoms in total. The minimum atomic E-state index is -2.52. The Morgan fingerprint density at radius 2 is 1.81 bits per heavy atom. The van der Waals surface area contributed by atoms with Crippen LogP contribution in [0.15, 0.2) is 30.3 Å². The van der Waals surface area contributed by atoms with Gasteiger partial charge < -0.3 is 14.4 Å². The fraction of sp³-hybridized carbons (Fsp3) is 0.667. The predicted molar refractivity (Wildman–Crippen MR) is 94.3 cm³/mol. The third kappa shape index (κ3) is 1.96. The van der Waals surface area contributed by atoms with Crippen LogP contribution in [0.1, 0.15) is 38.2 Å². The van der Waals surface area contributed by atoms with Crippen molar-refractivity contribution >= 4 is 5.91 Å². The summed E-state index contributed by atoms with van der Waals surface area (Å²) < 4.78 is 38.5. The number of likely N-dealkylation sites (tertiary alicyclic amines) is 1. The van der Waals surface area contributed by atoms with Crippen LogP contribution >= 0.6 is 0 Å². The average Bonchev–Trinajstić information content (AvgIpc) is 3.04. The van der Waals surface area contributed by atoms with Crippen LogP contribution in [0.25, 0.3) is 0 Å². The van der Waals surface area contributed by atoms with Crippen LogP contribution in [0.2, 0.25) is 0 Å². The summed E-state index contributed by atoms with van der Waals surface area (Å²) in [6.07, 6.45) is 0.228. The van der Waals surface area contributed by atoms with Gasteiger partial charge in [0, 0.05) is 23.8 Å². The number of halogens is 2. The van der Waals surface area contributed by atoms with Crippen molar-refractivity contribution in [1.29, 1.82) is 0 Å². The molecule has 1 unspecified atom stereocenters. The second kappa shape index (κ2) is 5.51. The fourth-order valence-electron chi connectivity index (χ4n) is 6.66. The van der Waals surface area contributed by atoms with Gasteiger partial charge in [0.25, 0.3) is 6.43 Å². The lowest BCUT2D eigenvalue weighted by atomic mass is 9.53. The smallest absolute Gasteiger partial charge is 0.255 e. The Morgan fingerprint density at radius 3 is 2.48 bits per heavy atom. The van der Waals surface area contributed by atoms with Crippen molar-refractivity contribution in [3.8, 4) is 0 Å². The molecule has 1 aromatic rings. The van der Waals surface area contributed by atoms with Gasteiger partial charge in [-0.15, -0.1) is 0 Å². The maximum atomic E-state index is 13.7. The van der Waals surface area contributed by atoms with Crippen LogP contribution in [0.5, 0.6) is 0 Å². The van der Waals surface area contributed by atoms with Crippen LogP contribution in [0.4, 0.5) is 8.78 Å². The van der Waals surface area contributed by atoms with Gasteiger partial charge in [0.15, 0.2) is 5.79 Å². The first kappa shape index (κ1) is 17.6. The van der Waals surface area contributed by atoms with Crippen LogP contribution in [0.3, 0.4) is 0 Å². The third-order valence-electron chi connectivity index (χ3n) is 7.91. The van der Waals surface area contributed by atoms with Gasteiger partial charge in [-0.2, -0.15) is 0 Å². The summed E-state index contributed by atoms with van der Waals surface area (Å²) in [6, 6.07) is 9.77. The quantitative estimate of drug-likeness (QED) is 0.811. The zero-order valence-corrected chi connectivity index (χ0v) is 15.5. The third-order valence-corrected chi connectivity index (χ3v) is 7.91. The number of fused-ring (bicyclic) bond motifs is 1. The monoisotopic (exact) mass is 377 g/mol. The first-order valence-electron chi connectivity index (χ1n) is 9.82. The van der Waals surface area contributed by atoms with Crippen LogP contribution < -0.4 is 0 Å². The molecule has 2 saturated carbocycles. The second-order valence-corrected chi connectivity index (χ2v) is 8.70. The van der Waals surface area contributed by atoms with E-state index in [1.807, 2.05) is 30.3 Å². The van der Waals surface area contributed by atoms with Gasteiger partial charge >= 0.3 is 0 Å². The number of ether oxygens (including phenoxy) is 2. The number of carbonyl (C=O) groups excluding carboxylic acids is 1. The van der Waals surface area contributed by atoms with Crippen LogP contribution in [0, 0.1) is 10.8 Å². The molecule has 1 amide bonds. The molecule has 4 aliphatic rings. The van der Waals surface area contributed by atoms with Crippen molar-refractivity contribution in [3.05, 3.63) is 35.9 Å². The zero-order chi connectivity index (χ0) is 18.9. The molecule has 1 aromatic carbocycles. The number of alkyl halides is 2. The van der Waals surface area contributed by atoms with Crippen LogP contribution in [-0.4, -0.2) is 49.3 Å². The van der Waals surface area contributed by atoms with E-state index < -0.39 is 24.2 Å². The number of hydrogen-bond acceptors (Lipinski definition) is 3. The van der Waals surface area contributed by atoms with E-state index >= 15 is 0 Å². The summed E-state index contributed by atoms with van der Waals surface area (Å²) in [7, 11) is 0. The molecular weight excluding hydrogens is 352 g/mol. The first-order valence-corrected chi connectivity index (χ1v) is 9.82. The Hall–Kier alpha value is -1.53. The second-order valence-electron chi connectivity index (χ2n) is 8.70. The molecular formula is C21H25F2NO3. The molecule has 4 fully saturated rings. The molecule has 27 heavy (non-hydrogen) atoms. The number of hydrogen-bond donors (Lipinski definition) is 0.